The van der Waals surface area contributed by atoms with Crippen molar-refractivity contribution in [2.45, 2.75) is 13.8 Å². The van der Waals surface area contributed by atoms with Gasteiger partial charge in [0.25, 0.3) is 0 Å². The lowest BCUT2D eigenvalue weighted by atomic mass is 9.77. The average Bonchev–Trinajstić information content (AvgIpc) is 2.37. The molecule has 2 N–H and O–H groups in total. The molecule has 0 saturated carbocycles. The average molecular weight is 266 g/mol. The lowest BCUT2D eigenvalue weighted by Gasteiger charge is -2.26. The third-order valence-electron chi connectivity index (χ3n) is 2.97. The fourth-order valence-corrected chi connectivity index (χ4v) is 2.41. The van der Waals surface area contributed by atoms with E-state index in [1.807, 2.05) is 0 Å². The molecule has 0 heterocycles. The maximum atomic E-state index is 8.35. The van der Waals surface area contributed by atoms with E-state index < -0.39 is 0 Å². The number of hydrogen-bond acceptors (Lipinski definition) is 4. The molecule has 0 radical (unpaired) electrons. The summed E-state index contributed by atoms with van der Waals surface area (Å²) in [4.78, 5) is 16.7. The first-order chi connectivity index (χ1) is 9.60. The zero-order chi connectivity index (χ0) is 15.1. The summed E-state index contributed by atoms with van der Waals surface area (Å²) in [7, 11) is 0. The maximum absolute atomic E-state index is 8.35. The van der Waals surface area contributed by atoms with Gasteiger partial charge in [0, 0.05) is 0 Å². The minimum atomic E-state index is 0.750. The Hall–Kier alpha value is -2.80. The molecule has 4 heteroatoms. The van der Waals surface area contributed by atoms with Gasteiger partial charge in [-0.05, 0) is 41.7 Å². The molecule has 0 spiro atoms. The van der Waals surface area contributed by atoms with Gasteiger partial charge in [0.2, 0.25) is 12.2 Å². The normalized spacial score (nSPS) is 8.90. The Morgan fingerprint density at radius 2 is 1.35 bits per heavy atom. The summed E-state index contributed by atoms with van der Waals surface area (Å²) in [6.07, 6.45) is 1.50. The number of benzene rings is 2. The molecule has 0 unspecified atom stereocenters. The monoisotopic (exact) mass is 266 g/mol. The summed E-state index contributed by atoms with van der Waals surface area (Å²) >= 11 is 0. The van der Waals surface area contributed by atoms with Crippen LogP contribution in [0.5, 0.6) is 0 Å². The van der Waals surface area contributed by atoms with Crippen molar-refractivity contribution in [2.75, 3.05) is 0 Å². The molecule has 100 valence electrons. The molecular weight excluding hydrogens is 252 g/mol. The molecule has 0 aromatic heterocycles. The maximum Gasteiger partial charge on any atom is 0.231 e. The third kappa shape index (κ3) is 2.96. The van der Waals surface area contributed by atoms with Crippen LogP contribution in [0.1, 0.15) is 11.1 Å². The van der Waals surface area contributed by atoms with Crippen LogP contribution < -0.4 is 0 Å². The van der Waals surface area contributed by atoms with E-state index in [1.54, 1.807) is 0 Å². The second-order valence-corrected chi connectivity index (χ2v) is 4.25. The zero-order valence-electron chi connectivity index (χ0n) is 11.3. The number of isocyanates is 2. The minimum absolute atomic E-state index is 0.750. The summed E-state index contributed by atoms with van der Waals surface area (Å²) < 4.78 is 0. The SMILES string of the molecule is Cc1cc(C)c2c(c1)-c1ccccc1-2.N=C=O.N=C=O. The molecule has 1 aliphatic rings. The van der Waals surface area contributed by atoms with Gasteiger partial charge in [-0.25, -0.2) is 20.4 Å². The standard InChI is InChI=1S/C14H12.2CHNO/c1-9-7-10(2)14-12-6-4-3-5-11(12)13(14)8-9;2*2-1-3/h3-8H,1-2H3;2*2H. The van der Waals surface area contributed by atoms with E-state index in [2.05, 4.69) is 50.2 Å². The van der Waals surface area contributed by atoms with Crippen molar-refractivity contribution in [1.82, 2.24) is 0 Å². The van der Waals surface area contributed by atoms with Gasteiger partial charge in [-0.15, -0.1) is 0 Å². The summed E-state index contributed by atoms with van der Waals surface area (Å²) in [6.45, 7) is 4.36. The van der Waals surface area contributed by atoms with Crippen molar-refractivity contribution in [3.63, 3.8) is 0 Å². The molecule has 0 aliphatic heterocycles. The Labute approximate surface area is 117 Å². The van der Waals surface area contributed by atoms with Crippen LogP contribution in [-0.4, -0.2) is 12.2 Å². The Morgan fingerprint density at radius 3 is 1.90 bits per heavy atom. The van der Waals surface area contributed by atoms with E-state index in [4.69, 9.17) is 20.4 Å². The first-order valence-corrected chi connectivity index (χ1v) is 5.89. The highest BCUT2D eigenvalue weighted by atomic mass is 16.1. The number of carbonyl (C=O) groups excluding carboxylic acids is 2. The molecule has 1 aliphatic carbocycles. The van der Waals surface area contributed by atoms with Gasteiger partial charge in [-0.3, -0.25) is 0 Å². The van der Waals surface area contributed by atoms with Gasteiger partial charge in [0.05, 0.1) is 0 Å². The van der Waals surface area contributed by atoms with Crippen molar-refractivity contribution in [2.24, 2.45) is 0 Å². The second-order valence-electron chi connectivity index (χ2n) is 4.25. The molecule has 2 aromatic rings. The molecule has 0 atom stereocenters. The Morgan fingerprint density at radius 1 is 0.850 bits per heavy atom. The molecule has 2 aromatic carbocycles. The van der Waals surface area contributed by atoms with Crippen LogP contribution in [0.15, 0.2) is 36.4 Å². The van der Waals surface area contributed by atoms with Crippen LogP contribution in [0.3, 0.4) is 0 Å². The van der Waals surface area contributed by atoms with Crippen LogP contribution in [0.2, 0.25) is 0 Å². The molecule has 0 amide bonds. The lowest BCUT2D eigenvalue weighted by molar-refractivity contribution is 0.562. The highest BCUT2D eigenvalue weighted by Crippen LogP contribution is 2.48. The summed E-state index contributed by atoms with van der Waals surface area (Å²) in [5.41, 5.74) is 8.47. The van der Waals surface area contributed by atoms with E-state index in [0.717, 1.165) is 12.2 Å². The van der Waals surface area contributed by atoms with Crippen LogP contribution >= 0.6 is 0 Å². The molecule has 4 nitrogen and oxygen atoms in total. The van der Waals surface area contributed by atoms with Crippen molar-refractivity contribution < 1.29 is 9.59 Å². The number of nitrogens with one attached hydrogen (secondary N) is 2. The van der Waals surface area contributed by atoms with Crippen molar-refractivity contribution >= 4 is 12.2 Å². The van der Waals surface area contributed by atoms with Crippen LogP contribution in [0.4, 0.5) is 0 Å². The summed E-state index contributed by atoms with van der Waals surface area (Å²) in [5.74, 6) is 0. The first-order valence-electron chi connectivity index (χ1n) is 5.89. The second kappa shape index (κ2) is 6.95. The predicted molar refractivity (Wildman–Crippen MR) is 77.2 cm³/mol. The number of fused-ring (bicyclic) bond motifs is 4. The van der Waals surface area contributed by atoms with Gasteiger partial charge in [0.15, 0.2) is 0 Å². The molecule has 0 bridgehead atoms. The van der Waals surface area contributed by atoms with Crippen LogP contribution in [-0.2, 0) is 9.59 Å². The fraction of sp³-hybridized carbons (Fsp3) is 0.125. The van der Waals surface area contributed by atoms with E-state index in [-0.39, 0.29) is 0 Å². The number of aryl methyl sites for hydroxylation is 2. The zero-order valence-corrected chi connectivity index (χ0v) is 11.3. The summed E-state index contributed by atoms with van der Waals surface area (Å²) in [5, 5.41) is 10.8. The predicted octanol–water partition coefficient (Wildman–Crippen LogP) is 3.75. The van der Waals surface area contributed by atoms with Gasteiger partial charge >= 0.3 is 0 Å². The minimum Gasteiger partial charge on any atom is -0.222 e. The van der Waals surface area contributed by atoms with Gasteiger partial charge in [-0.2, -0.15) is 0 Å². The van der Waals surface area contributed by atoms with Gasteiger partial charge < -0.3 is 0 Å². The quantitative estimate of drug-likeness (QED) is 0.480. The van der Waals surface area contributed by atoms with Crippen molar-refractivity contribution in [3.05, 3.63) is 47.5 Å². The largest absolute Gasteiger partial charge is 0.231 e. The summed E-state index contributed by atoms with van der Waals surface area (Å²) in [6, 6.07) is 13.2. The topological polar surface area (TPSA) is 81.8 Å². The molecular formula is C16H14N2O2. The lowest BCUT2D eigenvalue weighted by Crippen LogP contribution is -2.01. The van der Waals surface area contributed by atoms with E-state index in [0.29, 0.717) is 0 Å². The Balaban J connectivity index is 0.000000290. The molecule has 0 fully saturated rings. The van der Waals surface area contributed by atoms with E-state index >= 15 is 0 Å². The smallest absolute Gasteiger partial charge is 0.222 e. The molecule has 0 saturated heterocycles. The van der Waals surface area contributed by atoms with Gasteiger partial charge in [-0.1, -0.05) is 42.0 Å². The highest BCUT2D eigenvalue weighted by molar-refractivity contribution is 6.03. The Kier molecular flexibility index (Phi) is 5.31. The molecule has 20 heavy (non-hydrogen) atoms. The van der Waals surface area contributed by atoms with Crippen molar-refractivity contribution in [3.8, 4) is 22.3 Å². The number of rotatable bonds is 0. The number of hydrogen-bond donors (Lipinski definition) is 2. The molecule has 3 rings (SSSR count). The van der Waals surface area contributed by atoms with Gasteiger partial charge in [0.1, 0.15) is 0 Å². The third-order valence-corrected chi connectivity index (χ3v) is 2.97. The van der Waals surface area contributed by atoms with E-state index in [1.165, 1.54) is 33.4 Å². The van der Waals surface area contributed by atoms with Crippen LogP contribution in [0, 0.1) is 24.7 Å². The fourth-order valence-electron chi connectivity index (χ4n) is 2.41. The van der Waals surface area contributed by atoms with E-state index in [9.17, 15) is 0 Å². The van der Waals surface area contributed by atoms with Crippen molar-refractivity contribution in [1.29, 1.82) is 10.8 Å². The Bertz CT molecular complexity index is 682. The highest BCUT2D eigenvalue weighted by Gasteiger charge is 2.23. The van der Waals surface area contributed by atoms with Crippen LogP contribution in [0.25, 0.3) is 22.3 Å². The first kappa shape index (κ1) is 15.3.